The van der Waals surface area contributed by atoms with E-state index in [0.29, 0.717) is 0 Å². The molecule has 1 aliphatic rings. The second-order valence-electron chi connectivity index (χ2n) is 4.92. The highest BCUT2D eigenvalue weighted by Gasteiger charge is 2.14. The summed E-state index contributed by atoms with van der Waals surface area (Å²) >= 11 is 1.69. The van der Waals surface area contributed by atoms with Crippen molar-refractivity contribution in [1.29, 1.82) is 0 Å². The lowest BCUT2D eigenvalue weighted by Gasteiger charge is -2.25. The highest BCUT2D eigenvalue weighted by Crippen LogP contribution is 2.19. The topological polar surface area (TPSA) is 32.3 Å². The highest BCUT2D eigenvalue weighted by atomic mass is 32.2. The molecule has 2 amide bonds. The van der Waals surface area contributed by atoms with E-state index in [4.69, 9.17) is 0 Å². The number of rotatable bonds is 2. The molecule has 19 heavy (non-hydrogen) atoms. The Bertz CT molecular complexity index is 414. The third-order valence-corrected chi connectivity index (χ3v) is 4.19. The SMILES string of the molecule is CSc1cccc(NC(=O)N2CCCCCCC2)c1. The average Bonchev–Trinajstić information content (AvgIpc) is 2.38. The number of nitrogens with one attached hydrogen (secondary N) is 1. The van der Waals surface area contributed by atoms with Gasteiger partial charge in [0.05, 0.1) is 0 Å². The van der Waals surface area contributed by atoms with Crippen molar-refractivity contribution in [3.63, 3.8) is 0 Å². The maximum atomic E-state index is 12.2. The molecule has 0 atom stereocenters. The van der Waals surface area contributed by atoms with Crippen LogP contribution in [-0.2, 0) is 0 Å². The quantitative estimate of drug-likeness (QED) is 0.822. The fourth-order valence-corrected chi connectivity index (χ4v) is 2.81. The molecule has 1 saturated heterocycles. The number of urea groups is 1. The molecule has 1 N–H and O–H groups in total. The van der Waals surface area contributed by atoms with Gasteiger partial charge in [0.2, 0.25) is 0 Å². The van der Waals surface area contributed by atoms with Crippen LogP contribution in [0.4, 0.5) is 10.5 Å². The zero-order chi connectivity index (χ0) is 13.5. The highest BCUT2D eigenvalue weighted by molar-refractivity contribution is 7.98. The molecule has 0 saturated carbocycles. The minimum atomic E-state index is 0.0418. The van der Waals surface area contributed by atoms with Crippen molar-refractivity contribution < 1.29 is 4.79 Å². The molecule has 104 valence electrons. The first-order valence-corrected chi connectivity index (χ1v) is 8.22. The van der Waals surface area contributed by atoms with E-state index in [1.165, 1.54) is 24.2 Å². The van der Waals surface area contributed by atoms with Crippen molar-refractivity contribution >= 4 is 23.5 Å². The molecular formula is C15H22N2OS. The van der Waals surface area contributed by atoms with E-state index >= 15 is 0 Å². The molecule has 3 nitrogen and oxygen atoms in total. The molecule has 0 bridgehead atoms. The van der Waals surface area contributed by atoms with Gasteiger partial charge in [0.25, 0.3) is 0 Å². The summed E-state index contributed by atoms with van der Waals surface area (Å²) < 4.78 is 0. The molecule has 1 fully saturated rings. The summed E-state index contributed by atoms with van der Waals surface area (Å²) in [5, 5.41) is 3.01. The number of benzene rings is 1. The Morgan fingerprint density at radius 3 is 2.53 bits per heavy atom. The molecular weight excluding hydrogens is 256 g/mol. The van der Waals surface area contributed by atoms with Crippen LogP contribution in [0, 0.1) is 0 Å². The first kappa shape index (κ1) is 14.3. The van der Waals surface area contributed by atoms with Crippen LogP contribution in [0.15, 0.2) is 29.2 Å². The lowest BCUT2D eigenvalue weighted by molar-refractivity contribution is 0.206. The molecule has 4 heteroatoms. The van der Waals surface area contributed by atoms with E-state index in [-0.39, 0.29) is 6.03 Å². The smallest absolute Gasteiger partial charge is 0.321 e. The van der Waals surface area contributed by atoms with Crippen molar-refractivity contribution in [3.8, 4) is 0 Å². The molecule has 2 rings (SSSR count). The monoisotopic (exact) mass is 278 g/mol. The molecule has 1 heterocycles. The summed E-state index contributed by atoms with van der Waals surface area (Å²) in [5.74, 6) is 0. The van der Waals surface area contributed by atoms with Crippen LogP contribution >= 0.6 is 11.8 Å². The Kier molecular flexibility index (Phi) is 5.58. The maximum absolute atomic E-state index is 12.2. The summed E-state index contributed by atoms with van der Waals surface area (Å²) in [6.07, 6.45) is 8.08. The molecule has 0 aliphatic carbocycles. The molecule has 1 aliphatic heterocycles. The van der Waals surface area contributed by atoms with Gasteiger partial charge < -0.3 is 10.2 Å². The van der Waals surface area contributed by atoms with Gasteiger partial charge in [0.1, 0.15) is 0 Å². The van der Waals surface area contributed by atoms with Crippen LogP contribution in [0.1, 0.15) is 32.1 Å². The van der Waals surface area contributed by atoms with E-state index in [2.05, 4.69) is 11.4 Å². The Labute approximate surface area is 119 Å². The number of anilines is 1. The lowest BCUT2D eigenvalue weighted by atomic mass is 10.1. The number of amides is 2. The first-order chi connectivity index (χ1) is 9.29. The van der Waals surface area contributed by atoms with E-state index in [1.807, 2.05) is 29.4 Å². The summed E-state index contributed by atoms with van der Waals surface area (Å²) in [7, 11) is 0. The van der Waals surface area contributed by atoms with Gasteiger partial charge in [-0.05, 0) is 37.3 Å². The predicted molar refractivity (Wildman–Crippen MR) is 81.9 cm³/mol. The van der Waals surface area contributed by atoms with Gasteiger partial charge >= 0.3 is 6.03 Å². The van der Waals surface area contributed by atoms with Crippen LogP contribution in [0.5, 0.6) is 0 Å². The van der Waals surface area contributed by atoms with Crippen LogP contribution in [-0.4, -0.2) is 30.3 Å². The summed E-state index contributed by atoms with van der Waals surface area (Å²) in [5.41, 5.74) is 0.888. The second kappa shape index (κ2) is 7.43. The van der Waals surface area contributed by atoms with E-state index in [1.54, 1.807) is 11.8 Å². The third kappa shape index (κ3) is 4.46. The minimum absolute atomic E-state index is 0.0418. The van der Waals surface area contributed by atoms with Crippen molar-refractivity contribution in [1.82, 2.24) is 4.90 Å². The fraction of sp³-hybridized carbons (Fsp3) is 0.533. The molecule has 0 aromatic heterocycles. The normalized spacial score (nSPS) is 16.6. The maximum Gasteiger partial charge on any atom is 0.321 e. The van der Waals surface area contributed by atoms with Crippen LogP contribution in [0.3, 0.4) is 0 Å². The number of carbonyl (C=O) groups is 1. The third-order valence-electron chi connectivity index (χ3n) is 3.46. The molecule has 0 spiro atoms. The van der Waals surface area contributed by atoms with Gasteiger partial charge in [-0.2, -0.15) is 0 Å². The van der Waals surface area contributed by atoms with E-state index < -0.39 is 0 Å². The number of nitrogens with zero attached hydrogens (tertiary/aromatic N) is 1. The minimum Gasteiger partial charge on any atom is -0.325 e. The van der Waals surface area contributed by atoms with Crippen molar-refractivity contribution in [3.05, 3.63) is 24.3 Å². The fourth-order valence-electron chi connectivity index (χ4n) is 2.35. The second-order valence-corrected chi connectivity index (χ2v) is 5.80. The van der Waals surface area contributed by atoms with Gasteiger partial charge in [-0.1, -0.05) is 25.3 Å². The van der Waals surface area contributed by atoms with Gasteiger partial charge in [-0.3, -0.25) is 0 Å². The van der Waals surface area contributed by atoms with Crippen molar-refractivity contribution in [2.45, 2.75) is 37.0 Å². The molecule has 1 aromatic carbocycles. The number of likely N-dealkylation sites (tertiary alicyclic amines) is 1. The number of hydrogen-bond acceptors (Lipinski definition) is 2. The van der Waals surface area contributed by atoms with Crippen LogP contribution in [0.2, 0.25) is 0 Å². The number of hydrogen-bond donors (Lipinski definition) is 1. The van der Waals surface area contributed by atoms with Crippen molar-refractivity contribution in [2.75, 3.05) is 24.7 Å². The lowest BCUT2D eigenvalue weighted by Crippen LogP contribution is -2.37. The van der Waals surface area contributed by atoms with Crippen LogP contribution in [0.25, 0.3) is 0 Å². The summed E-state index contributed by atoms with van der Waals surface area (Å²) in [6, 6.07) is 8.04. The van der Waals surface area contributed by atoms with Gasteiger partial charge in [0, 0.05) is 23.7 Å². The van der Waals surface area contributed by atoms with Gasteiger partial charge in [-0.15, -0.1) is 11.8 Å². The Hall–Kier alpha value is -1.16. The Balaban J connectivity index is 1.94. The molecule has 0 radical (unpaired) electrons. The van der Waals surface area contributed by atoms with E-state index in [0.717, 1.165) is 31.6 Å². The predicted octanol–water partition coefficient (Wildman–Crippen LogP) is 4.21. The largest absolute Gasteiger partial charge is 0.325 e. The number of thioether (sulfide) groups is 1. The number of carbonyl (C=O) groups excluding carboxylic acids is 1. The van der Waals surface area contributed by atoms with Gasteiger partial charge in [0.15, 0.2) is 0 Å². The molecule has 1 aromatic rings. The van der Waals surface area contributed by atoms with Crippen LogP contribution < -0.4 is 5.32 Å². The summed E-state index contributed by atoms with van der Waals surface area (Å²) in [6.45, 7) is 1.77. The van der Waals surface area contributed by atoms with E-state index in [9.17, 15) is 4.79 Å². The average molecular weight is 278 g/mol. The Morgan fingerprint density at radius 1 is 1.16 bits per heavy atom. The first-order valence-electron chi connectivity index (χ1n) is 6.99. The zero-order valence-corrected chi connectivity index (χ0v) is 12.3. The Morgan fingerprint density at radius 2 is 1.84 bits per heavy atom. The molecule has 0 unspecified atom stereocenters. The standard InChI is InChI=1S/C15H22N2OS/c1-19-14-9-7-8-13(12-14)16-15(18)17-10-5-3-2-4-6-11-17/h7-9,12H,2-6,10-11H2,1H3,(H,16,18). The zero-order valence-electron chi connectivity index (χ0n) is 11.5. The van der Waals surface area contributed by atoms with Gasteiger partial charge in [-0.25, -0.2) is 4.79 Å². The van der Waals surface area contributed by atoms with Crippen molar-refractivity contribution in [2.24, 2.45) is 0 Å². The summed E-state index contributed by atoms with van der Waals surface area (Å²) in [4.78, 5) is 15.4.